The van der Waals surface area contributed by atoms with E-state index in [0.29, 0.717) is 108 Å². The number of ether oxygens (including phenoxy) is 8. The van der Waals surface area contributed by atoms with Crippen molar-refractivity contribution in [2.75, 3.05) is 63.4 Å². The summed E-state index contributed by atoms with van der Waals surface area (Å²) in [5.41, 5.74) is 23.6. The summed E-state index contributed by atoms with van der Waals surface area (Å²) in [4.78, 5) is 60.3. The molecular weight excluding hydrogens is 1690 g/mol. The van der Waals surface area contributed by atoms with Crippen molar-refractivity contribution in [3.8, 4) is 63.2 Å². The number of aryl methyl sites for hydroxylation is 1. The number of ketones is 3. The highest BCUT2D eigenvalue weighted by molar-refractivity contribution is 6.61. The van der Waals surface area contributed by atoms with Gasteiger partial charge in [-0.2, -0.15) is 0 Å². The van der Waals surface area contributed by atoms with Gasteiger partial charge in [-0.15, -0.1) is 0 Å². The van der Waals surface area contributed by atoms with Gasteiger partial charge in [0.2, 0.25) is 23.2 Å². The van der Waals surface area contributed by atoms with Gasteiger partial charge in [0.05, 0.1) is 80.1 Å². The summed E-state index contributed by atoms with van der Waals surface area (Å²) in [6, 6.07) is 41.3. The number of aliphatic imine (C=N–C) groups is 1. The van der Waals surface area contributed by atoms with Gasteiger partial charge in [-0.05, 0) is 338 Å². The third kappa shape index (κ3) is 20.8. The average Bonchev–Trinajstić information content (AvgIpc) is 1.51. The molecule has 678 valence electrons. The molecule has 5 aliphatic rings. The summed E-state index contributed by atoms with van der Waals surface area (Å²) in [6.07, 6.45) is 21.6. The Kier molecular flexibility index (Phi) is 30.1. The van der Waals surface area contributed by atoms with E-state index in [1.54, 1.807) is 122 Å². The summed E-state index contributed by atoms with van der Waals surface area (Å²) in [6.45, 7) is 8.27. The number of phenolic OH excluding ortho intramolecular Hbond substituents is 3. The lowest BCUT2D eigenvalue weighted by Gasteiger charge is -2.14. The SMILES string of the molecule is COc1cc(C=C2C(C)=C(CC(=O)NCC3=CN=CC3)c3cc(F)ccc32)cc(OC)c1B(O)O.COc1cc(C=C2C(C)=C(CCC(=O)c3cc[nH]c3)c3cc(F)ccc32)cc(OC)c1O.COc1cc(C=C2C(C)=C(CCC(=O)c3ccc[nH]3)c3cc(F)ccc32)cc(OC)c1O.COc1cc(C=C2C(C)=C(CCC(=O)c3cccn3C)c3cc(F)ccc32)cc(OC)c1O. The number of hydrogen-bond acceptors (Lipinski definition) is 18. The number of aromatic hydroxyl groups is 3. The molecule has 0 unspecified atom stereocenters. The van der Waals surface area contributed by atoms with Gasteiger partial charge in [0.25, 0.3) is 0 Å². The lowest BCUT2D eigenvalue weighted by atomic mass is 9.78. The number of aromatic nitrogens is 3. The van der Waals surface area contributed by atoms with Crippen molar-refractivity contribution in [3.05, 3.63) is 317 Å². The van der Waals surface area contributed by atoms with E-state index in [1.807, 2.05) is 81.9 Å². The molecule has 27 heteroatoms. The van der Waals surface area contributed by atoms with E-state index in [2.05, 4.69) is 20.3 Å². The zero-order valence-electron chi connectivity index (χ0n) is 75.2. The van der Waals surface area contributed by atoms with Crippen molar-refractivity contribution < 1.29 is 100 Å². The van der Waals surface area contributed by atoms with Crippen LogP contribution in [0.4, 0.5) is 17.6 Å². The molecule has 4 heterocycles. The van der Waals surface area contributed by atoms with Crippen LogP contribution in [0.2, 0.25) is 0 Å². The number of aromatic amines is 2. The number of phenols is 3. The highest BCUT2D eigenvalue weighted by atomic mass is 19.1. The second kappa shape index (κ2) is 42.0. The first-order chi connectivity index (χ1) is 63.5. The summed E-state index contributed by atoms with van der Waals surface area (Å²) in [7, 11) is 11.8. The monoisotopic (exact) mass is 1790 g/mol. The number of nitrogens with zero attached hydrogens (tertiary/aromatic N) is 2. The van der Waals surface area contributed by atoms with Crippen LogP contribution in [0.5, 0.6) is 63.2 Å². The standard InChI is InChI=1S/C27H26FNO4.C26H26BFN2O5.2C26H24FNO4/c1-16-19(9-10-24(30)23-6-5-11-29(23)2)22-15-18(28)7-8-20(22)21(16)12-17-13-25(32-3)27(31)26(14-17)33-4;1-15-20(8-17-9-23(34-2)26(27(32)33)24(10-17)35-3)19-5-4-18(28)11-22(19)21(15)12-25(31)30-14-16-6-7-29-13-16;1-15-19(6-7-23(29)17-8-9-28-14-17)22-13-18(27)4-5-20(22)21(15)10-16-11-24(31-2)26(30)25(12-16)32-3;1-15-18(8-9-23(29)22-5-4-10-28-22)21-14-17(27)6-7-19(21)20(15)11-16-12-24(31-2)26(30)25(13-16)32-3/h5-8,11-15,31H,9-10H2,1-4H3;4-5,7-11,13,32-33H,6,12,14H2,1-3H3,(H,30,31);4-5,8-14,28,30H,6-7H2,1-3H3;4-7,10-14,28,30H,8-9H2,1-3H3. The van der Waals surface area contributed by atoms with Crippen LogP contribution < -0.4 is 48.7 Å². The van der Waals surface area contributed by atoms with Crippen LogP contribution in [0.1, 0.15) is 177 Å². The molecule has 0 bridgehead atoms. The number of benzene rings is 8. The average molecular weight is 1790 g/mol. The Balaban J connectivity index is 0.000000150. The Hall–Kier alpha value is -15.1. The molecule has 0 radical (unpaired) electrons. The number of nitrogens with one attached hydrogen (secondary N) is 3. The van der Waals surface area contributed by atoms with Crippen LogP contribution in [-0.4, -0.2) is 140 Å². The minimum Gasteiger partial charge on any atom is -0.502 e. The molecule has 132 heavy (non-hydrogen) atoms. The number of amides is 1. The smallest absolute Gasteiger partial charge is 0.496 e. The van der Waals surface area contributed by atoms with Gasteiger partial charge in [-0.3, -0.25) is 24.2 Å². The molecule has 3 aromatic heterocycles. The third-order valence-electron chi connectivity index (χ3n) is 23.8. The predicted octanol–water partition coefficient (Wildman–Crippen LogP) is 20.3. The van der Waals surface area contributed by atoms with Gasteiger partial charge < -0.3 is 83.1 Å². The Labute approximate surface area is 762 Å². The molecule has 0 atom stereocenters. The largest absolute Gasteiger partial charge is 0.502 e. The van der Waals surface area contributed by atoms with Crippen molar-refractivity contribution in [2.24, 2.45) is 12.0 Å². The Morgan fingerprint density at radius 3 is 1.14 bits per heavy atom. The molecule has 0 fully saturated rings. The molecule has 1 amide bonds. The van der Waals surface area contributed by atoms with Gasteiger partial charge in [-0.1, -0.05) is 24.3 Å². The van der Waals surface area contributed by atoms with Crippen molar-refractivity contribution in [1.29, 1.82) is 0 Å². The second-order valence-electron chi connectivity index (χ2n) is 31.7. The van der Waals surface area contributed by atoms with Crippen molar-refractivity contribution in [3.63, 3.8) is 0 Å². The van der Waals surface area contributed by atoms with E-state index in [4.69, 9.17) is 37.9 Å². The van der Waals surface area contributed by atoms with Crippen LogP contribution in [0.3, 0.4) is 0 Å². The quantitative estimate of drug-likeness (QED) is 0.0123. The highest BCUT2D eigenvalue weighted by Gasteiger charge is 2.33. The number of fused-ring (bicyclic) bond motifs is 4. The number of hydrogen-bond donors (Lipinski definition) is 8. The molecule has 0 saturated heterocycles. The third-order valence-corrected chi connectivity index (χ3v) is 23.8. The topological polar surface area (TPSA) is 304 Å². The lowest BCUT2D eigenvalue weighted by Crippen LogP contribution is -2.32. The normalized spacial score (nSPS) is 14.4. The van der Waals surface area contributed by atoms with Crippen LogP contribution in [-0.2, 0) is 11.8 Å². The van der Waals surface area contributed by atoms with Gasteiger partial charge >= 0.3 is 7.12 Å². The summed E-state index contributed by atoms with van der Waals surface area (Å²) >= 11 is 0. The number of Topliss-reactive ketones (excluding diaryl/α,β-unsaturated/α-hetero) is 3. The highest BCUT2D eigenvalue weighted by Crippen LogP contribution is 2.51. The molecule has 16 rings (SSSR count). The van der Waals surface area contributed by atoms with Gasteiger partial charge in [0, 0.05) is 82.0 Å². The van der Waals surface area contributed by atoms with Crippen molar-refractivity contribution >= 4 is 111 Å². The number of H-pyrrole nitrogens is 2. The van der Waals surface area contributed by atoms with E-state index < -0.39 is 7.12 Å². The minimum atomic E-state index is -1.77. The summed E-state index contributed by atoms with van der Waals surface area (Å²) < 4.78 is 101. The zero-order chi connectivity index (χ0) is 94.5. The summed E-state index contributed by atoms with van der Waals surface area (Å²) in [5, 5.41) is 53.0. The zero-order valence-corrected chi connectivity index (χ0v) is 75.2. The molecular formula is C105H100BF4N5O17. The molecule has 8 aromatic carbocycles. The Morgan fingerprint density at radius 1 is 0.447 bits per heavy atom. The van der Waals surface area contributed by atoms with E-state index in [-0.39, 0.29) is 87.2 Å². The van der Waals surface area contributed by atoms with Crippen LogP contribution in [0.25, 0.3) is 68.9 Å². The number of halogens is 4. The number of methoxy groups -OCH3 is 8. The lowest BCUT2D eigenvalue weighted by molar-refractivity contribution is -0.119. The molecule has 8 N–H and O–H groups in total. The number of carbonyl (C=O) groups is 4. The molecule has 11 aromatic rings. The molecule has 4 aliphatic carbocycles. The number of carbonyl (C=O) groups excluding carboxylic acids is 4. The number of allylic oxidation sites excluding steroid dienone is 11. The van der Waals surface area contributed by atoms with Gasteiger partial charge in [0.15, 0.2) is 51.8 Å². The van der Waals surface area contributed by atoms with Crippen molar-refractivity contribution in [1.82, 2.24) is 19.9 Å². The fourth-order valence-electron chi connectivity index (χ4n) is 17.0. The Bertz CT molecular complexity index is 6360. The maximum Gasteiger partial charge on any atom is 0.496 e. The van der Waals surface area contributed by atoms with Crippen LogP contribution in [0.15, 0.2) is 216 Å². The molecule has 22 nitrogen and oxygen atoms in total. The Morgan fingerprint density at radius 2 is 0.811 bits per heavy atom. The van der Waals surface area contributed by atoms with Gasteiger partial charge in [-0.25, -0.2) is 17.6 Å². The van der Waals surface area contributed by atoms with Crippen LogP contribution in [0, 0.1) is 23.3 Å². The maximum atomic E-state index is 14.2. The van der Waals surface area contributed by atoms with E-state index >= 15 is 0 Å². The predicted molar refractivity (Wildman–Crippen MR) is 507 cm³/mol. The number of rotatable bonds is 29. The second-order valence-corrected chi connectivity index (χ2v) is 31.7. The molecule has 1 aliphatic heterocycles. The maximum absolute atomic E-state index is 14.2. The van der Waals surface area contributed by atoms with E-state index in [9.17, 15) is 62.1 Å². The van der Waals surface area contributed by atoms with Gasteiger partial charge in [0.1, 0.15) is 34.8 Å². The minimum absolute atomic E-state index is 0.0127. The first kappa shape index (κ1) is 94.5. The molecule has 0 spiro atoms. The van der Waals surface area contributed by atoms with Crippen molar-refractivity contribution in [2.45, 2.75) is 79.1 Å². The fraction of sp³-hybridized carbons (Fsp3) is 0.210. The first-order valence-electron chi connectivity index (χ1n) is 42.3. The first-order valence-corrected chi connectivity index (χ1v) is 42.3. The fourth-order valence-corrected chi connectivity index (χ4v) is 17.0. The summed E-state index contributed by atoms with van der Waals surface area (Å²) in [5.74, 6) is 0.709. The van der Waals surface area contributed by atoms with E-state index in [0.717, 1.165) is 135 Å². The van der Waals surface area contributed by atoms with E-state index in [1.165, 1.54) is 105 Å². The van der Waals surface area contributed by atoms with Crippen LogP contribution >= 0.6 is 0 Å². The molecule has 0 saturated carbocycles.